The van der Waals surface area contributed by atoms with E-state index in [1.165, 1.54) is 17.8 Å². The van der Waals surface area contributed by atoms with Crippen LogP contribution in [0.3, 0.4) is 0 Å². The van der Waals surface area contributed by atoms with Crippen molar-refractivity contribution in [3.8, 4) is 11.5 Å². The van der Waals surface area contributed by atoms with Crippen LogP contribution < -0.4 is 14.8 Å². The summed E-state index contributed by atoms with van der Waals surface area (Å²) < 4.78 is 36.2. The molecule has 1 aromatic heterocycles. The summed E-state index contributed by atoms with van der Waals surface area (Å²) in [5.41, 5.74) is 3.37. The summed E-state index contributed by atoms with van der Waals surface area (Å²) in [5, 5.41) is 8.56. The molecule has 1 aliphatic carbocycles. The van der Waals surface area contributed by atoms with Crippen LogP contribution in [0.25, 0.3) is 0 Å². The normalized spacial score (nSPS) is 16.4. The van der Waals surface area contributed by atoms with Crippen molar-refractivity contribution in [3.05, 3.63) is 103 Å². The number of esters is 1. The number of aromatic nitrogens is 3. The summed E-state index contributed by atoms with van der Waals surface area (Å²) >= 11 is 8.58. The molecule has 6 rings (SSSR count). The zero-order valence-corrected chi connectivity index (χ0v) is 30.1. The highest BCUT2D eigenvalue weighted by Crippen LogP contribution is 2.44. The van der Waals surface area contributed by atoms with Gasteiger partial charge in [-0.25, -0.2) is 13.9 Å². The quantitative estimate of drug-likeness (QED) is 0.119. The van der Waals surface area contributed by atoms with Gasteiger partial charge in [0.05, 0.1) is 16.7 Å². The van der Waals surface area contributed by atoms with Crippen LogP contribution in [-0.2, 0) is 21.9 Å². The van der Waals surface area contributed by atoms with Crippen molar-refractivity contribution in [2.24, 2.45) is 0 Å². The lowest BCUT2D eigenvalue weighted by atomic mass is 9.94. The number of thioether (sulfide) groups is 1. The number of hydrogen-bond donors (Lipinski definition) is 1. The molecule has 0 saturated heterocycles. The average Bonchev–Trinajstić information content (AvgIpc) is 3.46. The standard InChI is InChI=1S/C35H35Br2FN4O4S/c1-3-44-29-18-24(17-27(37)32(29)45-19-22-10-9-12-25(36)16-22)31-30(33(43)46-26-13-5-4-6-14-26)21(2)39-34-40-35(41-42(31)34)47-20-23-11-7-8-15-28(23)38/h7-12,15-18,26,31H,3-6,13-14,19-20H2,1-2H3,(H,39,40,41). The minimum atomic E-state index is -0.674. The van der Waals surface area contributed by atoms with E-state index in [1.54, 1.807) is 22.9 Å². The number of fused-ring (bicyclic) bond motifs is 1. The molecule has 0 spiro atoms. The number of allylic oxidation sites excluding steroid dienone is 1. The van der Waals surface area contributed by atoms with Gasteiger partial charge in [0.2, 0.25) is 11.1 Å². The Morgan fingerprint density at radius 3 is 2.64 bits per heavy atom. The summed E-state index contributed by atoms with van der Waals surface area (Å²) in [5.74, 6) is 1.24. The maximum atomic E-state index is 14.4. The molecule has 47 heavy (non-hydrogen) atoms. The van der Waals surface area contributed by atoms with E-state index >= 15 is 0 Å². The number of carbonyl (C=O) groups excluding carboxylic acids is 1. The number of halogens is 3. The summed E-state index contributed by atoms with van der Waals surface area (Å²) in [6.07, 6.45) is 4.82. The van der Waals surface area contributed by atoms with Gasteiger partial charge in [-0.3, -0.25) is 0 Å². The lowest BCUT2D eigenvalue weighted by molar-refractivity contribution is -0.146. The van der Waals surface area contributed by atoms with E-state index in [2.05, 4.69) is 37.2 Å². The Morgan fingerprint density at radius 2 is 1.87 bits per heavy atom. The monoisotopic (exact) mass is 784 g/mol. The second kappa shape index (κ2) is 15.3. The Morgan fingerprint density at radius 1 is 1.06 bits per heavy atom. The van der Waals surface area contributed by atoms with E-state index in [1.807, 2.05) is 50.2 Å². The van der Waals surface area contributed by atoms with Crippen molar-refractivity contribution in [2.45, 2.75) is 75.6 Å². The van der Waals surface area contributed by atoms with Crippen molar-refractivity contribution < 1.29 is 23.4 Å². The Hall–Kier alpha value is -3.35. The third-order valence-corrected chi connectivity index (χ3v) is 10.1. The van der Waals surface area contributed by atoms with Crippen molar-refractivity contribution >= 4 is 55.5 Å². The van der Waals surface area contributed by atoms with Gasteiger partial charge in [0, 0.05) is 15.9 Å². The van der Waals surface area contributed by atoms with Gasteiger partial charge in [-0.2, -0.15) is 4.98 Å². The molecule has 3 aromatic carbocycles. The Kier molecular flexibility index (Phi) is 10.9. The van der Waals surface area contributed by atoms with Crippen LogP contribution in [0.15, 0.2) is 86.0 Å². The van der Waals surface area contributed by atoms with Gasteiger partial charge in [0.1, 0.15) is 24.6 Å². The fourth-order valence-electron chi connectivity index (χ4n) is 5.85. The molecule has 8 nitrogen and oxygen atoms in total. The van der Waals surface area contributed by atoms with Gasteiger partial charge in [-0.1, -0.05) is 64.4 Å². The second-order valence-corrected chi connectivity index (χ2v) is 14.2. The van der Waals surface area contributed by atoms with Crippen molar-refractivity contribution in [3.63, 3.8) is 0 Å². The zero-order valence-electron chi connectivity index (χ0n) is 26.1. The van der Waals surface area contributed by atoms with Crippen molar-refractivity contribution in [1.29, 1.82) is 0 Å². The molecule has 246 valence electrons. The highest BCUT2D eigenvalue weighted by molar-refractivity contribution is 9.10. The molecule has 1 fully saturated rings. The van der Waals surface area contributed by atoms with Crippen molar-refractivity contribution in [2.75, 3.05) is 11.9 Å². The number of nitrogens with zero attached hydrogens (tertiary/aromatic N) is 3. The highest BCUT2D eigenvalue weighted by Gasteiger charge is 2.37. The summed E-state index contributed by atoms with van der Waals surface area (Å²) in [6, 6.07) is 17.7. The van der Waals surface area contributed by atoms with E-state index in [0.29, 0.717) is 62.9 Å². The molecule has 4 aromatic rings. The fraction of sp³-hybridized carbons (Fsp3) is 0.343. The molecule has 0 radical (unpaired) electrons. The summed E-state index contributed by atoms with van der Waals surface area (Å²) in [7, 11) is 0. The van der Waals surface area contributed by atoms with Gasteiger partial charge in [-0.15, -0.1) is 5.10 Å². The first kappa shape index (κ1) is 33.5. The lowest BCUT2D eigenvalue weighted by Crippen LogP contribution is -2.32. The van der Waals surface area contributed by atoms with Gasteiger partial charge in [0.25, 0.3) is 0 Å². The molecule has 1 atom stereocenters. The molecule has 1 aliphatic heterocycles. The average molecular weight is 787 g/mol. The minimum absolute atomic E-state index is 0.124. The predicted octanol–water partition coefficient (Wildman–Crippen LogP) is 9.38. The predicted molar refractivity (Wildman–Crippen MR) is 187 cm³/mol. The number of ether oxygens (including phenoxy) is 3. The van der Waals surface area contributed by atoms with E-state index in [-0.39, 0.29) is 11.9 Å². The molecule has 1 unspecified atom stereocenters. The Bertz CT molecular complexity index is 1790. The van der Waals surface area contributed by atoms with Gasteiger partial charge >= 0.3 is 5.97 Å². The smallest absolute Gasteiger partial charge is 0.338 e. The molecule has 2 aliphatic rings. The number of nitrogens with one attached hydrogen (secondary N) is 1. The zero-order chi connectivity index (χ0) is 32.9. The van der Waals surface area contributed by atoms with Crippen LogP contribution in [-0.4, -0.2) is 33.4 Å². The van der Waals surface area contributed by atoms with Crippen LogP contribution in [0.5, 0.6) is 11.5 Å². The van der Waals surface area contributed by atoms with Crippen LogP contribution in [0.1, 0.15) is 68.7 Å². The first-order valence-electron chi connectivity index (χ1n) is 15.7. The maximum Gasteiger partial charge on any atom is 0.338 e. The Labute approximate surface area is 294 Å². The molecular weight excluding hydrogens is 751 g/mol. The molecule has 1 saturated carbocycles. The van der Waals surface area contributed by atoms with E-state index < -0.39 is 12.0 Å². The van der Waals surface area contributed by atoms with Gasteiger partial charge in [0.15, 0.2) is 11.5 Å². The van der Waals surface area contributed by atoms with Crippen LogP contribution in [0, 0.1) is 5.82 Å². The first-order chi connectivity index (χ1) is 22.8. The van der Waals surface area contributed by atoms with Crippen molar-refractivity contribution in [1.82, 2.24) is 14.8 Å². The molecule has 12 heteroatoms. The molecule has 0 amide bonds. The fourth-order valence-corrected chi connectivity index (χ4v) is 7.69. The van der Waals surface area contributed by atoms with E-state index in [4.69, 9.17) is 24.3 Å². The first-order valence-corrected chi connectivity index (χ1v) is 18.2. The van der Waals surface area contributed by atoms with E-state index in [0.717, 1.165) is 47.7 Å². The minimum Gasteiger partial charge on any atom is -0.490 e. The van der Waals surface area contributed by atoms with Gasteiger partial charge in [-0.05, 0) is 102 Å². The third kappa shape index (κ3) is 7.87. The third-order valence-electron chi connectivity index (χ3n) is 8.11. The van der Waals surface area contributed by atoms with Crippen LogP contribution in [0.2, 0.25) is 0 Å². The molecule has 2 heterocycles. The number of anilines is 1. The van der Waals surface area contributed by atoms with Crippen LogP contribution in [0.4, 0.5) is 10.3 Å². The SMILES string of the molecule is CCOc1cc(C2C(C(=O)OC3CCCCC3)=C(C)Nc3nc(SCc4ccccc4F)nn32)cc(Br)c1OCc1cccc(Br)c1. The highest BCUT2D eigenvalue weighted by atomic mass is 79.9. The number of rotatable bonds is 11. The van der Waals surface area contributed by atoms with Crippen LogP contribution >= 0.6 is 43.6 Å². The summed E-state index contributed by atoms with van der Waals surface area (Å²) in [6.45, 7) is 4.50. The second-order valence-electron chi connectivity index (χ2n) is 11.5. The topological polar surface area (TPSA) is 87.5 Å². The number of benzene rings is 3. The molecule has 0 bridgehead atoms. The molecule has 1 N–H and O–H groups in total. The number of carbonyl (C=O) groups is 1. The molecular formula is C35H35Br2FN4O4S. The largest absolute Gasteiger partial charge is 0.490 e. The number of hydrogen-bond acceptors (Lipinski definition) is 8. The summed E-state index contributed by atoms with van der Waals surface area (Å²) in [4.78, 5) is 18.7. The van der Waals surface area contributed by atoms with Gasteiger partial charge < -0.3 is 19.5 Å². The maximum absolute atomic E-state index is 14.4. The Balaban J connectivity index is 1.36. The van der Waals surface area contributed by atoms with E-state index in [9.17, 15) is 9.18 Å². The lowest BCUT2D eigenvalue weighted by Gasteiger charge is -2.30.